The Morgan fingerprint density at radius 3 is 2.49 bits per heavy atom. The second kappa shape index (κ2) is 9.70. The van der Waals surface area contributed by atoms with Gasteiger partial charge in [0.2, 0.25) is 0 Å². The molecule has 4 rings (SSSR count). The molecule has 0 bridgehead atoms. The van der Waals surface area contributed by atoms with Gasteiger partial charge in [-0.05, 0) is 56.0 Å². The molecule has 2 aromatic carbocycles. The van der Waals surface area contributed by atoms with Gasteiger partial charge in [-0.2, -0.15) is 18.6 Å². The van der Waals surface area contributed by atoms with Crippen LogP contribution in [0, 0.1) is 0 Å². The maximum absolute atomic E-state index is 12.9. The molecule has 3 aromatic rings. The van der Waals surface area contributed by atoms with Crippen LogP contribution in [0.1, 0.15) is 42.5 Å². The third-order valence-electron chi connectivity index (χ3n) is 6.18. The smallest absolute Gasteiger partial charge is 0.389 e. The number of para-hydroxylation sites is 1. The number of piperidine rings is 1. The van der Waals surface area contributed by atoms with Gasteiger partial charge in [0.05, 0.1) is 26.4 Å². The monoisotopic (exact) mass is 511 g/mol. The van der Waals surface area contributed by atoms with Crippen molar-refractivity contribution in [1.82, 2.24) is 14.8 Å². The average molecular weight is 512 g/mol. The average Bonchev–Trinajstić information content (AvgIpc) is 3.27. The molecule has 1 saturated heterocycles. The number of rotatable bonds is 7. The van der Waals surface area contributed by atoms with Crippen molar-refractivity contribution in [3.05, 3.63) is 53.5 Å². The Morgan fingerprint density at radius 2 is 1.83 bits per heavy atom. The first-order valence-electron chi connectivity index (χ1n) is 11.1. The van der Waals surface area contributed by atoms with Gasteiger partial charge in [0, 0.05) is 31.1 Å². The SMILES string of the molecule is O=C(c1ccc(N[N+](O)(O)c2cccc3scnc23)cc1)N1CCC(O)(CCCC(F)(F)F)CC1. The minimum atomic E-state index is -4.24. The van der Waals surface area contributed by atoms with E-state index in [0.717, 1.165) is 4.70 Å². The van der Waals surface area contributed by atoms with Crippen molar-refractivity contribution in [2.75, 3.05) is 18.5 Å². The van der Waals surface area contributed by atoms with Gasteiger partial charge in [0.25, 0.3) is 11.6 Å². The zero-order valence-electron chi connectivity index (χ0n) is 18.7. The van der Waals surface area contributed by atoms with Gasteiger partial charge in [-0.1, -0.05) is 6.07 Å². The molecule has 1 amide bonds. The lowest BCUT2D eigenvalue weighted by Crippen LogP contribution is -2.48. The van der Waals surface area contributed by atoms with Crippen molar-refractivity contribution in [1.29, 1.82) is 0 Å². The topological polar surface area (TPSA) is 106 Å². The molecule has 0 aliphatic carbocycles. The summed E-state index contributed by atoms with van der Waals surface area (Å²) in [6.07, 6.45) is -4.84. The molecule has 0 unspecified atom stereocenters. The fraction of sp³-hybridized carbons (Fsp3) is 0.391. The molecular formula is C23H26F3N4O4S+. The summed E-state index contributed by atoms with van der Waals surface area (Å²) in [6.45, 7) is 0.485. The molecule has 1 aliphatic rings. The quantitative estimate of drug-likeness (QED) is 0.260. The van der Waals surface area contributed by atoms with Crippen LogP contribution in [0.4, 0.5) is 24.5 Å². The van der Waals surface area contributed by atoms with E-state index in [1.165, 1.54) is 41.7 Å². The Bertz CT molecular complexity index is 1180. The van der Waals surface area contributed by atoms with Crippen molar-refractivity contribution in [2.45, 2.75) is 43.9 Å². The second-order valence-electron chi connectivity index (χ2n) is 8.75. The van der Waals surface area contributed by atoms with E-state index < -0.39 is 23.1 Å². The lowest BCUT2D eigenvalue weighted by molar-refractivity contribution is -0.271. The summed E-state index contributed by atoms with van der Waals surface area (Å²) in [4.78, 5) is 17.0. The van der Waals surface area contributed by atoms with Gasteiger partial charge in [0.15, 0.2) is 5.52 Å². The van der Waals surface area contributed by atoms with Gasteiger partial charge >= 0.3 is 6.18 Å². The van der Waals surface area contributed by atoms with E-state index >= 15 is 0 Å². The van der Waals surface area contributed by atoms with Gasteiger partial charge in [0.1, 0.15) is 0 Å². The highest BCUT2D eigenvalue weighted by molar-refractivity contribution is 7.16. The number of aromatic nitrogens is 1. The fourth-order valence-corrected chi connectivity index (χ4v) is 4.92. The van der Waals surface area contributed by atoms with Crippen molar-refractivity contribution >= 4 is 38.8 Å². The molecule has 1 aliphatic heterocycles. The van der Waals surface area contributed by atoms with E-state index in [-0.39, 0.29) is 50.4 Å². The Balaban J connectivity index is 1.35. The van der Waals surface area contributed by atoms with E-state index in [1.54, 1.807) is 16.5 Å². The number of amides is 1. The number of aliphatic hydroxyl groups is 1. The molecule has 2 heterocycles. The molecule has 8 nitrogen and oxygen atoms in total. The number of quaternary nitrogens is 1. The van der Waals surface area contributed by atoms with E-state index in [0.29, 0.717) is 16.8 Å². The molecule has 0 atom stereocenters. The number of carbonyl (C=O) groups excluding carboxylic acids is 1. The Hall–Kier alpha value is -2.77. The first-order chi connectivity index (χ1) is 16.5. The number of benzene rings is 2. The molecule has 0 radical (unpaired) electrons. The molecule has 1 fully saturated rings. The van der Waals surface area contributed by atoms with Gasteiger partial charge < -0.3 is 10.0 Å². The third-order valence-corrected chi connectivity index (χ3v) is 6.97. The van der Waals surface area contributed by atoms with Crippen LogP contribution in [0.3, 0.4) is 0 Å². The van der Waals surface area contributed by atoms with Gasteiger partial charge in [-0.15, -0.1) is 21.8 Å². The lowest BCUT2D eigenvalue weighted by atomic mass is 9.86. The number of hydrogen-bond donors (Lipinski definition) is 4. The molecule has 1 aromatic heterocycles. The first kappa shape index (κ1) is 25.3. The standard InChI is InChI=1S/C23H25F3N4O4S/c24-23(25,26)10-2-9-22(32)11-13-29(14-12-22)21(31)16-5-7-17(8-6-16)28-30(33,34)18-3-1-4-19-20(18)27-15-35-19/h1,3-8,15,32-34H,2,9-14H2/p+1. The summed E-state index contributed by atoms with van der Waals surface area (Å²) in [5, 5.41) is 31.7. The number of fused-ring (bicyclic) bond motifs is 1. The minimum Gasteiger partial charge on any atom is -0.390 e. The van der Waals surface area contributed by atoms with Crippen LogP contribution in [0.5, 0.6) is 0 Å². The van der Waals surface area contributed by atoms with Gasteiger partial charge in [-0.3, -0.25) is 4.79 Å². The molecule has 12 heteroatoms. The largest absolute Gasteiger partial charge is 0.390 e. The van der Waals surface area contributed by atoms with Crippen molar-refractivity contribution < 1.29 is 33.5 Å². The number of carbonyl (C=O) groups is 1. The van der Waals surface area contributed by atoms with Crippen molar-refractivity contribution in [2.24, 2.45) is 0 Å². The van der Waals surface area contributed by atoms with Crippen LogP contribution >= 0.6 is 11.3 Å². The van der Waals surface area contributed by atoms with Crippen LogP contribution in [0.2, 0.25) is 0 Å². The summed E-state index contributed by atoms with van der Waals surface area (Å²) in [5.41, 5.74) is 4.29. The van der Waals surface area contributed by atoms with E-state index in [1.807, 2.05) is 6.07 Å². The zero-order chi connectivity index (χ0) is 25.3. The van der Waals surface area contributed by atoms with Gasteiger partial charge in [-0.25, -0.2) is 4.98 Å². The maximum Gasteiger partial charge on any atom is 0.389 e. The number of thiazole rings is 1. The van der Waals surface area contributed by atoms with E-state index in [2.05, 4.69) is 10.4 Å². The number of nitrogens with one attached hydrogen (secondary N) is 1. The van der Waals surface area contributed by atoms with E-state index in [9.17, 15) is 33.5 Å². The molecule has 35 heavy (non-hydrogen) atoms. The van der Waals surface area contributed by atoms with Crippen LogP contribution in [-0.4, -0.2) is 56.2 Å². The molecule has 188 valence electrons. The predicted molar refractivity (Wildman–Crippen MR) is 125 cm³/mol. The number of likely N-dealkylation sites (tertiary alicyclic amines) is 1. The number of alkyl halides is 3. The maximum atomic E-state index is 12.9. The van der Waals surface area contributed by atoms with Crippen LogP contribution in [0.15, 0.2) is 48.0 Å². The van der Waals surface area contributed by atoms with Crippen molar-refractivity contribution in [3.63, 3.8) is 0 Å². The Morgan fingerprint density at radius 1 is 1.14 bits per heavy atom. The lowest BCUT2D eigenvalue weighted by Gasteiger charge is -2.38. The minimum absolute atomic E-state index is 0.0475. The summed E-state index contributed by atoms with van der Waals surface area (Å²) in [6, 6.07) is 11.2. The summed E-state index contributed by atoms with van der Waals surface area (Å²) < 4.78 is 37.9. The Kier molecular flexibility index (Phi) is 7.02. The summed E-state index contributed by atoms with van der Waals surface area (Å²) in [7, 11) is 0. The van der Waals surface area contributed by atoms with Crippen LogP contribution in [0.25, 0.3) is 10.2 Å². The second-order valence-corrected chi connectivity index (χ2v) is 9.64. The number of anilines is 1. The Labute approximate surface area is 203 Å². The molecular weight excluding hydrogens is 485 g/mol. The highest BCUT2D eigenvalue weighted by Crippen LogP contribution is 2.32. The van der Waals surface area contributed by atoms with E-state index in [4.69, 9.17) is 0 Å². The number of hydrogen-bond acceptors (Lipinski definition) is 7. The third kappa shape index (κ3) is 6.08. The van der Waals surface area contributed by atoms with Crippen molar-refractivity contribution in [3.8, 4) is 0 Å². The van der Waals surface area contributed by atoms with Crippen LogP contribution in [-0.2, 0) is 0 Å². The number of nitrogens with zero attached hydrogens (tertiary/aromatic N) is 3. The zero-order valence-corrected chi connectivity index (χ0v) is 19.5. The highest BCUT2D eigenvalue weighted by atomic mass is 32.1. The summed E-state index contributed by atoms with van der Waals surface area (Å²) in [5.74, 6) is -0.269. The fourth-order valence-electron chi connectivity index (χ4n) is 4.23. The summed E-state index contributed by atoms with van der Waals surface area (Å²) >= 11 is 1.37. The molecule has 0 saturated carbocycles. The van der Waals surface area contributed by atoms with Crippen LogP contribution < -0.4 is 10.3 Å². The molecule has 4 N–H and O–H groups in total. The molecule has 0 spiro atoms. The number of halogens is 3. The highest BCUT2D eigenvalue weighted by Gasteiger charge is 2.36. The first-order valence-corrected chi connectivity index (χ1v) is 12.0. The predicted octanol–water partition coefficient (Wildman–Crippen LogP) is 5.11. The normalized spacial score (nSPS) is 16.5.